The zero-order valence-electron chi connectivity index (χ0n) is 15.3. The number of carbonyl (C=O) groups is 3. The van der Waals surface area contributed by atoms with Crippen LogP contribution in [0.4, 0.5) is 5.69 Å². The van der Waals surface area contributed by atoms with Crippen molar-refractivity contribution in [3.63, 3.8) is 0 Å². The quantitative estimate of drug-likeness (QED) is 0.454. The van der Waals surface area contributed by atoms with Crippen molar-refractivity contribution in [2.75, 3.05) is 26.2 Å². The van der Waals surface area contributed by atoms with Gasteiger partial charge in [-0.3, -0.25) is 24.5 Å². The first-order chi connectivity index (χ1) is 12.8. The van der Waals surface area contributed by atoms with Crippen molar-refractivity contribution in [1.82, 2.24) is 10.2 Å². The summed E-state index contributed by atoms with van der Waals surface area (Å²) in [5.74, 6) is -0.835. The maximum atomic E-state index is 12.2. The van der Waals surface area contributed by atoms with Gasteiger partial charge in [0, 0.05) is 30.8 Å². The molecule has 1 aromatic carbocycles. The summed E-state index contributed by atoms with van der Waals surface area (Å²) in [6.07, 6.45) is 1.06. The molecule has 0 bridgehead atoms. The number of nitrogens with zero attached hydrogens (tertiary/aromatic N) is 2. The number of amides is 2. The minimum atomic E-state index is -0.750. The van der Waals surface area contributed by atoms with Gasteiger partial charge in [0.2, 0.25) is 0 Å². The Morgan fingerprint density at radius 2 is 1.93 bits per heavy atom. The number of nitrogens with one attached hydrogen (secondary N) is 1. The van der Waals surface area contributed by atoms with Crippen molar-refractivity contribution in [2.45, 2.75) is 20.3 Å². The SMILES string of the molecule is C[C@@H]1C[C@H](C)CN(C(=O)COC(=O)CNC(=O)c2cccc([N+](=O)[O-])c2)C1. The van der Waals surface area contributed by atoms with Crippen LogP contribution in [0.3, 0.4) is 0 Å². The van der Waals surface area contributed by atoms with Crippen LogP contribution in [0.25, 0.3) is 0 Å². The second-order valence-electron chi connectivity index (χ2n) is 6.90. The van der Waals surface area contributed by atoms with E-state index in [4.69, 9.17) is 4.74 Å². The molecule has 1 aliphatic heterocycles. The normalized spacial score (nSPS) is 19.3. The van der Waals surface area contributed by atoms with Crippen LogP contribution in [0.5, 0.6) is 0 Å². The lowest BCUT2D eigenvalue weighted by atomic mass is 9.92. The standard InChI is InChI=1S/C18H23N3O6/c1-12-6-13(2)10-20(9-12)16(22)11-27-17(23)8-19-18(24)14-4-3-5-15(7-14)21(25)26/h3-5,7,12-13H,6,8-11H2,1-2H3,(H,19,24)/t12-,13+. The molecule has 0 unspecified atom stereocenters. The fraction of sp³-hybridized carbons (Fsp3) is 0.500. The number of benzene rings is 1. The molecule has 1 heterocycles. The van der Waals surface area contributed by atoms with Gasteiger partial charge in [0.25, 0.3) is 17.5 Å². The molecule has 0 radical (unpaired) electrons. The molecule has 1 aliphatic rings. The highest BCUT2D eigenvalue weighted by atomic mass is 16.6. The lowest BCUT2D eigenvalue weighted by Crippen LogP contribution is -2.44. The summed E-state index contributed by atoms with van der Waals surface area (Å²) < 4.78 is 4.92. The van der Waals surface area contributed by atoms with Gasteiger partial charge < -0.3 is 15.0 Å². The van der Waals surface area contributed by atoms with E-state index in [9.17, 15) is 24.5 Å². The molecule has 2 amide bonds. The van der Waals surface area contributed by atoms with Crippen molar-refractivity contribution < 1.29 is 24.0 Å². The Kier molecular flexibility index (Phi) is 6.86. The molecule has 9 heteroatoms. The Bertz CT molecular complexity index is 726. The van der Waals surface area contributed by atoms with E-state index in [1.54, 1.807) is 4.90 Å². The van der Waals surface area contributed by atoms with Crippen LogP contribution in [0.1, 0.15) is 30.6 Å². The first kappa shape index (κ1) is 20.3. The van der Waals surface area contributed by atoms with Crippen LogP contribution in [-0.4, -0.2) is 53.8 Å². The zero-order valence-corrected chi connectivity index (χ0v) is 15.3. The number of nitro groups is 1. The summed E-state index contributed by atoms with van der Waals surface area (Å²) in [4.78, 5) is 47.7. The molecule has 1 saturated heterocycles. The van der Waals surface area contributed by atoms with E-state index in [2.05, 4.69) is 19.2 Å². The maximum absolute atomic E-state index is 12.2. The average molecular weight is 377 g/mol. The number of hydrogen-bond donors (Lipinski definition) is 1. The predicted octanol–water partition coefficient (Wildman–Crippen LogP) is 1.37. The van der Waals surface area contributed by atoms with Crippen LogP contribution < -0.4 is 5.32 Å². The molecule has 146 valence electrons. The van der Waals surface area contributed by atoms with Crippen LogP contribution >= 0.6 is 0 Å². The largest absolute Gasteiger partial charge is 0.454 e. The molecule has 1 fully saturated rings. The molecule has 2 atom stereocenters. The van der Waals surface area contributed by atoms with Crippen molar-refractivity contribution in [2.24, 2.45) is 11.8 Å². The van der Waals surface area contributed by atoms with Gasteiger partial charge in [-0.1, -0.05) is 19.9 Å². The van der Waals surface area contributed by atoms with E-state index in [-0.39, 0.29) is 23.8 Å². The minimum absolute atomic E-state index is 0.0596. The van der Waals surface area contributed by atoms with Crippen LogP contribution in [-0.2, 0) is 14.3 Å². The van der Waals surface area contributed by atoms with Crippen molar-refractivity contribution >= 4 is 23.5 Å². The Balaban J connectivity index is 1.77. The number of carbonyl (C=O) groups excluding carboxylic acids is 3. The Morgan fingerprint density at radius 1 is 1.26 bits per heavy atom. The number of rotatable bonds is 6. The van der Waals surface area contributed by atoms with Gasteiger partial charge in [-0.2, -0.15) is 0 Å². The summed E-state index contributed by atoms with van der Waals surface area (Å²) in [6, 6.07) is 5.16. The molecule has 9 nitrogen and oxygen atoms in total. The maximum Gasteiger partial charge on any atom is 0.325 e. The highest BCUT2D eigenvalue weighted by molar-refractivity contribution is 5.96. The highest BCUT2D eigenvalue weighted by Gasteiger charge is 2.26. The molecular weight excluding hydrogens is 354 g/mol. The third kappa shape index (κ3) is 6.05. The van der Waals surface area contributed by atoms with Gasteiger partial charge >= 0.3 is 5.97 Å². The predicted molar refractivity (Wildman–Crippen MR) is 95.9 cm³/mol. The van der Waals surface area contributed by atoms with Crippen LogP contribution in [0.15, 0.2) is 24.3 Å². The molecule has 0 aliphatic carbocycles. The Hall–Kier alpha value is -2.97. The van der Waals surface area contributed by atoms with Gasteiger partial charge in [0.05, 0.1) is 4.92 Å². The number of likely N-dealkylation sites (tertiary alicyclic amines) is 1. The molecule has 1 aromatic rings. The van der Waals surface area contributed by atoms with Gasteiger partial charge in [0.1, 0.15) is 6.54 Å². The van der Waals surface area contributed by atoms with E-state index in [1.807, 2.05) is 0 Å². The first-order valence-electron chi connectivity index (χ1n) is 8.72. The lowest BCUT2D eigenvalue weighted by molar-refractivity contribution is -0.384. The Labute approximate surface area is 156 Å². The summed E-state index contributed by atoms with van der Waals surface area (Å²) in [5.41, 5.74) is -0.162. The average Bonchev–Trinajstić information content (AvgIpc) is 2.63. The zero-order chi connectivity index (χ0) is 20.0. The second-order valence-corrected chi connectivity index (χ2v) is 6.90. The highest BCUT2D eigenvalue weighted by Crippen LogP contribution is 2.20. The fourth-order valence-corrected chi connectivity index (χ4v) is 3.17. The number of hydrogen-bond acceptors (Lipinski definition) is 6. The summed E-state index contributed by atoms with van der Waals surface area (Å²) >= 11 is 0. The smallest absolute Gasteiger partial charge is 0.325 e. The molecule has 0 saturated carbocycles. The third-order valence-corrected chi connectivity index (χ3v) is 4.29. The molecule has 0 spiro atoms. The van der Waals surface area contributed by atoms with Gasteiger partial charge in [0.15, 0.2) is 6.61 Å². The van der Waals surface area contributed by atoms with Crippen molar-refractivity contribution in [1.29, 1.82) is 0 Å². The van der Waals surface area contributed by atoms with Gasteiger partial charge in [-0.15, -0.1) is 0 Å². The number of piperidine rings is 1. The number of esters is 1. The second kappa shape index (κ2) is 9.11. The van der Waals surface area contributed by atoms with Crippen LogP contribution in [0, 0.1) is 22.0 Å². The van der Waals surface area contributed by atoms with E-state index in [0.29, 0.717) is 24.9 Å². The van der Waals surface area contributed by atoms with E-state index < -0.39 is 23.3 Å². The van der Waals surface area contributed by atoms with Crippen molar-refractivity contribution in [3.8, 4) is 0 Å². The third-order valence-electron chi connectivity index (χ3n) is 4.29. The topological polar surface area (TPSA) is 119 Å². The minimum Gasteiger partial charge on any atom is -0.454 e. The molecule has 2 rings (SSSR count). The summed E-state index contributed by atoms with van der Waals surface area (Å²) in [6.45, 7) is 4.64. The lowest BCUT2D eigenvalue weighted by Gasteiger charge is -2.34. The van der Waals surface area contributed by atoms with E-state index in [0.717, 1.165) is 12.5 Å². The number of non-ortho nitro benzene ring substituents is 1. The Morgan fingerprint density at radius 3 is 2.56 bits per heavy atom. The fourth-order valence-electron chi connectivity index (χ4n) is 3.17. The summed E-state index contributed by atoms with van der Waals surface area (Å²) in [5, 5.41) is 13.0. The van der Waals surface area contributed by atoms with Crippen molar-refractivity contribution in [3.05, 3.63) is 39.9 Å². The molecule has 1 N–H and O–H groups in total. The monoisotopic (exact) mass is 377 g/mol. The van der Waals surface area contributed by atoms with Gasteiger partial charge in [-0.05, 0) is 24.3 Å². The number of nitro benzene ring substituents is 1. The number of ether oxygens (including phenoxy) is 1. The molecular formula is C18H23N3O6. The van der Waals surface area contributed by atoms with E-state index >= 15 is 0 Å². The van der Waals surface area contributed by atoms with E-state index in [1.165, 1.54) is 18.2 Å². The molecule has 27 heavy (non-hydrogen) atoms. The van der Waals surface area contributed by atoms with Crippen LogP contribution in [0.2, 0.25) is 0 Å². The molecule has 0 aromatic heterocycles. The first-order valence-corrected chi connectivity index (χ1v) is 8.72. The summed E-state index contributed by atoms with van der Waals surface area (Å²) in [7, 11) is 0. The van der Waals surface area contributed by atoms with Gasteiger partial charge in [-0.25, -0.2) is 0 Å².